The van der Waals surface area contributed by atoms with Crippen LogP contribution in [0.5, 0.6) is 11.5 Å². The van der Waals surface area contributed by atoms with Crippen molar-refractivity contribution in [1.29, 1.82) is 0 Å². The normalized spacial score (nSPS) is 10.0. The summed E-state index contributed by atoms with van der Waals surface area (Å²) in [6, 6.07) is 7.59. The molecule has 1 aromatic heterocycles. The number of ether oxygens (including phenoxy) is 2. The first-order valence-corrected chi connectivity index (χ1v) is 5.18. The lowest BCUT2D eigenvalue weighted by molar-refractivity contribution is 0.399. The fourth-order valence-electron chi connectivity index (χ4n) is 1.64. The van der Waals surface area contributed by atoms with Crippen LogP contribution in [0, 0.1) is 0 Å². The lowest BCUT2D eigenvalue weighted by Crippen LogP contribution is -1.97. The highest BCUT2D eigenvalue weighted by Gasteiger charge is 2.10. The molecule has 0 atom stereocenters. The molecule has 0 radical (unpaired) electrons. The third kappa shape index (κ3) is 2.15. The largest absolute Gasteiger partial charge is 0.494 e. The number of rotatable bonds is 3. The zero-order valence-corrected chi connectivity index (χ0v) is 9.81. The van der Waals surface area contributed by atoms with E-state index < -0.39 is 0 Å². The monoisotopic (exact) mass is 230 g/mol. The average Bonchev–Trinajstić information content (AvgIpc) is 2.40. The SMILES string of the molecule is COc1cc(-c2cccnc2)cc(OC)c1N. The van der Waals surface area contributed by atoms with Crippen molar-refractivity contribution in [2.24, 2.45) is 0 Å². The van der Waals surface area contributed by atoms with Crippen LogP contribution in [0.25, 0.3) is 11.1 Å². The van der Waals surface area contributed by atoms with Gasteiger partial charge in [-0.25, -0.2) is 0 Å². The molecule has 1 aromatic carbocycles. The Morgan fingerprint density at radius 1 is 1.06 bits per heavy atom. The number of nitrogen functional groups attached to an aromatic ring is 1. The smallest absolute Gasteiger partial charge is 0.146 e. The van der Waals surface area contributed by atoms with Crippen LogP contribution in [0.1, 0.15) is 0 Å². The lowest BCUT2D eigenvalue weighted by Gasteiger charge is -2.12. The number of nitrogens with zero attached hydrogens (tertiary/aromatic N) is 1. The molecule has 2 aromatic rings. The van der Waals surface area contributed by atoms with Gasteiger partial charge in [0.1, 0.15) is 17.2 Å². The van der Waals surface area contributed by atoms with E-state index in [1.165, 1.54) is 0 Å². The summed E-state index contributed by atoms with van der Waals surface area (Å²) in [6.45, 7) is 0. The molecule has 0 unspecified atom stereocenters. The Morgan fingerprint density at radius 3 is 2.18 bits per heavy atom. The van der Waals surface area contributed by atoms with E-state index in [1.807, 2.05) is 24.3 Å². The van der Waals surface area contributed by atoms with Crippen LogP contribution in [-0.2, 0) is 0 Å². The minimum Gasteiger partial charge on any atom is -0.494 e. The summed E-state index contributed by atoms with van der Waals surface area (Å²) in [7, 11) is 3.16. The second-order valence-corrected chi connectivity index (χ2v) is 3.54. The zero-order chi connectivity index (χ0) is 12.3. The summed E-state index contributed by atoms with van der Waals surface area (Å²) in [5.41, 5.74) is 8.34. The van der Waals surface area contributed by atoms with Crippen LogP contribution in [0.4, 0.5) is 5.69 Å². The maximum atomic E-state index is 5.89. The van der Waals surface area contributed by atoms with E-state index in [0.29, 0.717) is 17.2 Å². The Bertz CT molecular complexity index is 487. The topological polar surface area (TPSA) is 57.4 Å². The molecule has 4 heteroatoms. The number of methoxy groups -OCH3 is 2. The van der Waals surface area contributed by atoms with E-state index in [-0.39, 0.29) is 0 Å². The number of pyridine rings is 1. The number of aromatic nitrogens is 1. The van der Waals surface area contributed by atoms with Crippen molar-refractivity contribution in [1.82, 2.24) is 4.98 Å². The van der Waals surface area contributed by atoms with Gasteiger partial charge in [-0.1, -0.05) is 6.07 Å². The Hall–Kier alpha value is -2.23. The minimum atomic E-state index is 0.502. The van der Waals surface area contributed by atoms with Gasteiger partial charge in [-0.2, -0.15) is 0 Å². The van der Waals surface area contributed by atoms with E-state index in [1.54, 1.807) is 26.6 Å². The number of hydrogen-bond acceptors (Lipinski definition) is 4. The molecule has 88 valence electrons. The summed E-state index contributed by atoms with van der Waals surface area (Å²) in [6.07, 6.45) is 3.51. The predicted octanol–water partition coefficient (Wildman–Crippen LogP) is 2.35. The number of anilines is 1. The van der Waals surface area contributed by atoms with Crippen LogP contribution < -0.4 is 15.2 Å². The van der Waals surface area contributed by atoms with Crippen molar-refractivity contribution in [3.63, 3.8) is 0 Å². The van der Waals surface area contributed by atoms with Gasteiger partial charge < -0.3 is 15.2 Å². The van der Waals surface area contributed by atoms with Crippen LogP contribution in [-0.4, -0.2) is 19.2 Å². The summed E-state index contributed by atoms with van der Waals surface area (Å²) in [4.78, 5) is 4.08. The highest BCUT2D eigenvalue weighted by molar-refractivity contribution is 5.74. The molecule has 2 rings (SSSR count). The number of hydrogen-bond donors (Lipinski definition) is 1. The van der Waals surface area contributed by atoms with Crippen molar-refractivity contribution >= 4 is 5.69 Å². The minimum absolute atomic E-state index is 0.502. The quantitative estimate of drug-likeness (QED) is 0.822. The molecule has 17 heavy (non-hydrogen) atoms. The highest BCUT2D eigenvalue weighted by Crippen LogP contribution is 2.36. The van der Waals surface area contributed by atoms with Gasteiger partial charge >= 0.3 is 0 Å². The Kier molecular flexibility index (Phi) is 3.14. The van der Waals surface area contributed by atoms with Gasteiger partial charge in [0.15, 0.2) is 0 Å². The molecule has 0 amide bonds. The maximum Gasteiger partial charge on any atom is 0.146 e. The van der Waals surface area contributed by atoms with E-state index >= 15 is 0 Å². The third-order valence-electron chi connectivity index (χ3n) is 2.54. The maximum absolute atomic E-state index is 5.89. The number of benzene rings is 1. The molecule has 1 heterocycles. The first kappa shape index (κ1) is 11.3. The molecule has 0 fully saturated rings. The zero-order valence-electron chi connectivity index (χ0n) is 9.81. The van der Waals surface area contributed by atoms with Gasteiger partial charge in [0, 0.05) is 18.0 Å². The first-order chi connectivity index (χ1) is 8.26. The molecule has 2 N–H and O–H groups in total. The van der Waals surface area contributed by atoms with Crippen molar-refractivity contribution in [3.05, 3.63) is 36.7 Å². The van der Waals surface area contributed by atoms with Gasteiger partial charge in [-0.05, 0) is 23.8 Å². The standard InChI is InChI=1S/C13H14N2O2/c1-16-11-6-10(7-12(17-2)13(11)14)9-4-3-5-15-8-9/h3-8H,14H2,1-2H3. The summed E-state index contributed by atoms with van der Waals surface area (Å²) >= 11 is 0. The van der Waals surface area contributed by atoms with Gasteiger partial charge in [-0.3, -0.25) is 4.98 Å². The van der Waals surface area contributed by atoms with E-state index in [2.05, 4.69) is 4.98 Å². The van der Waals surface area contributed by atoms with E-state index in [4.69, 9.17) is 15.2 Å². The van der Waals surface area contributed by atoms with Gasteiger partial charge in [0.25, 0.3) is 0 Å². The van der Waals surface area contributed by atoms with Crippen molar-refractivity contribution in [3.8, 4) is 22.6 Å². The predicted molar refractivity (Wildman–Crippen MR) is 67.2 cm³/mol. The number of nitrogens with two attached hydrogens (primary N) is 1. The molecular weight excluding hydrogens is 216 g/mol. The van der Waals surface area contributed by atoms with Crippen LogP contribution >= 0.6 is 0 Å². The fourth-order valence-corrected chi connectivity index (χ4v) is 1.64. The van der Waals surface area contributed by atoms with Crippen LogP contribution in [0.2, 0.25) is 0 Å². The van der Waals surface area contributed by atoms with Crippen LogP contribution in [0.15, 0.2) is 36.7 Å². The molecule has 0 aliphatic heterocycles. The average molecular weight is 230 g/mol. The van der Waals surface area contributed by atoms with Gasteiger partial charge in [0.05, 0.1) is 14.2 Å². The third-order valence-corrected chi connectivity index (χ3v) is 2.54. The summed E-state index contributed by atoms with van der Waals surface area (Å²) in [5, 5.41) is 0. The molecule has 0 saturated carbocycles. The second kappa shape index (κ2) is 4.74. The molecular formula is C13H14N2O2. The lowest BCUT2D eigenvalue weighted by atomic mass is 10.1. The fraction of sp³-hybridized carbons (Fsp3) is 0.154. The summed E-state index contributed by atoms with van der Waals surface area (Å²) < 4.78 is 10.4. The molecule has 0 bridgehead atoms. The molecule has 0 saturated heterocycles. The highest BCUT2D eigenvalue weighted by atomic mass is 16.5. The van der Waals surface area contributed by atoms with Crippen LogP contribution in [0.3, 0.4) is 0 Å². The van der Waals surface area contributed by atoms with E-state index in [9.17, 15) is 0 Å². The second-order valence-electron chi connectivity index (χ2n) is 3.54. The Labute approximate surface area is 100 Å². The van der Waals surface area contributed by atoms with Gasteiger partial charge in [-0.15, -0.1) is 0 Å². The van der Waals surface area contributed by atoms with Crippen molar-refractivity contribution in [2.45, 2.75) is 0 Å². The van der Waals surface area contributed by atoms with Crippen molar-refractivity contribution < 1.29 is 9.47 Å². The molecule has 4 nitrogen and oxygen atoms in total. The molecule has 0 aliphatic rings. The Balaban J connectivity index is 2.56. The molecule has 0 spiro atoms. The van der Waals surface area contributed by atoms with E-state index in [0.717, 1.165) is 11.1 Å². The van der Waals surface area contributed by atoms with Crippen molar-refractivity contribution in [2.75, 3.05) is 20.0 Å². The molecule has 0 aliphatic carbocycles. The van der Waals surface area contributed by atoms with Gasteiger partial charge in [0.2, 0.25) is 0 Å². The Morgan fingerprint density at radius 2 is 1.71 bits per heavy atom. The first-order valence-electron chi connectivity index (χ1n) is 5.18. The summed E-state index contributed by atoms with van der Waals surface area (Å²) in [5.74, 6) is 1.20.